The van der Waals surface area contributed by atoms with Crippen molar-refractivity contribution in [1.29, 1.82) is 0 Å². The standard InChI is InChI=1S/C20H20FN3O2S/c1-3-11-26-18-13-24(16-9-7-14(21)8-10-16)23-19(18)20(25)22-15-5-4-6-17(12-15)27-2/h4-10,12-13H,3,11H2,1-2H3,(H,22,25). The summed E-state index contributed by atoms with van der Waals surface area (Å²) in [6.07, 6.45) is 4.41. The van der Waals surface area contributed by atoms with E-state index in [1.54, 1.807) is 30.1 Å². The number of hydrogen-bond donors (Lipinski definition) is 1. The molecule has 0 fully saturated rings. The van der Waals surface area contributed by atoms with Crippen molar-refractivity contribution in [2.45, 2.75) is 18.2 Å². The first-order valence-corrected chi connectivity index (χ1v) is 9.77. The molecule has 0 aliphatic carbocycles. The molecule has 3 rings (SSSR count). The fourth-order valence-corrected chi connectivity index (χ4v) is 2.91. The zero-order valence-corrected chi connectivity index (χ0v) is 15.9. The van der Waals surface area contributed by atoms with Gasteiger partial charge in [0, 0.05) is 10.6 Å². The molecule has 0 radical (unpaired) electrons. The Morgan fingerprint density at radius 3 is 2.74 bits per heavy atom. The third-order valence-corrected chi connectivity index (χ3v) is 4.50. The number of ether oxygens (including phenoxy) is 1. The van der Waals surface area contributed by atoms with Crippen LogP contribution >= 0.6 is 11.8 Å². The van der Waals surface area contributed by atoms with Crippen LogP contribution in [0.3, 0.4) is 0 Å². The van der Waals surface area contributed by atoms with Crippen LogP contribution in [0.1, 0.15) is 23.8 Å². The Kier molecular flexibility index (Phi) is 6.13. The van der Waals surface area contributed by atoms with Gasteiger partial charge in [-0.05, 0) is 55.1 Å². The maximum atomic E-state index is 13.2. The van der Waals surface area contributed by atoms with Crippen molar-refractivity contribution in [1.82, 2.24) is 9.78 Å². The van der Waals surface area contributed by atoms with Crippen molar-refractivity contribution in [3.05, 3.63) is 66.2 Å². The number of thioether (sulfide) groups is 1. The highest BCUT2D eigenvalue weighted by atomic mass is 32.2. The van der Waals surface area contributed by atoms with Crippen LogP contribution in [0.25, 0.3) is 5.69 Å². The minimum atomic E-state index is -0.361. The van der Waals surface area contributed by atoms with Crippen LogP contribution in [0.4, 0.5) is 10.1 Å². The molecule has 3 aromatic rings. The number of hydrogen-bond acceptors (Lipinski definition) is 4. The van der Waals surface area contributed by atoms with Gasteiger partial charge in [0.1, 0.15) is 5.82 Å². The van der Waals surface area contributed by atoms with Gasteiger partial charge >= 0.3 is 0 Å². The molecule has 1 amide bonds. The van der Waals surface area contributed by atoms with Crippen LogP contribution < -0.4 is 10.1 Å². The molecule has 0 atom stereocenters. The number of halogens is 1. The Morgan fingerprint density at radius 1 is 1.26 bits per heavy atom. The van der Waals surface area contributed by atoms with Crippen molar-refractivity contribution in [3.8, 4) is 11.4 Å². The predicted molar refractivity (Wildman–Crippen MR) is 105 cm³/mol. The van der Waals surface area contributed by atoms with Crippen LogP contribution in [0.15, 0.2) is 59.6 Å². The maximum absolute atomic E-state index is 13.2. The second-order valence-electron chi connectivity index (χ2n) is 5.80. The number of nitrogens with zero attached hydrogens (tertiary/aromatic N) is 2. The molecule has 1 N–H and O–H groups in total. The van der Waals surface area contributed by atoms with E-state index < -0.39 is 0 Å². The fourth-order valence-electron chi connectivity index (χ4n) is 2.45. The molecule has 0 unspecified atom stereocenters. The zero-order chi connectivity index (χ0) is 19.2. The van der Waals surface area contributed by atoms with Crippen LogP contribution in [-0.2, 0) is 0 Å². The lowest BCUT2D eigenvalue weighted by molar-refractivity contribution is 0.101. The molecule has 27 heavy (non-hydrogen) atoms. The predicted octanol–water partition coefficient (Wildman–Crippen LogP) is 4.77. The van der Waals surface area contributed by atoms with Crippen molar-refractivity contribution in [2.24, 2.45) is 0 Å². The molecule has 0 saturated heterocycles. The van der Waals surface area contributed by atoms with E-state index in [0.717, 1.165) is 11.3 Å². The summed E-state index contributed by atoms with van der Waals surface area (Å²) in [6, 6.07) is 13.4. The molecular weight excluding hydrogens is 365 g/mol. The third kappa shape index (κ3) is 4.68. The first-order valence-electron chi connectivity index (χ1n) is 8.54. The molecule has 0 aliphatic heterocycles. The highest BCUT2D eigenvalue weighted by molar-refractivity contribution is 7.98. The van der Waals surface area contributed by atoms with Gasteiger partial charge in [-0.15, -0.1) is 11.8 Å². The fraction of sp³-hybridized carbons (Fsp3) is 0.200. The van der Waals surface area contributed by atoms with Crippen molar-refractivity contribution in [2.75, 3.05) is 18.2 Å². The second-order valence-corrected chi connectivity index (χ2v) is 6.68. The summed E-state index contributed by atoms with van der Waals surface area (Å²) in [5.74, 6) is -0.306. The summed E-state index contributed by atoms with van der Waals surface area (Å²) < 4.78 is 20.4. The molecule has 0 aliphatic rings. The lowest BCUT2D eigenvalue weighted by Crippen LogP contribution is -2.14. The molecule has 1 heterocycles. The average molecular weight is 385 g/mol. The highest BCUT2D eigenvalue weighted by Crippen LogP contribution is 2.23. The van der Waals surface area contributed by atoms with E-state index in [2.05, 4.69) is 10.4 Å². The topological polar surface area (TPSA) is 56.2 Å². The van der Waals surface area contributed by atoms with E-state index in [1.165, 1.54) is 16.8 Å². The molecule has 0 bridgehead atoms. The van der Waals surface area contributed by atoms with Gasteiger partial charge in [-0.2, -0.15) is 5.10 Å². The van der Waals surface area contributed by atoms with Crippen molar-refractivity contribution in [3.63, 3.8) is 0 Å². The number of carbonyl (C=O) groups is 1. The molecular formula is C20H20FN3O2S. The van der Waals surface area contributed by atoms with Crippen LogP contribution in [0.2, 0.25) is 0 Å². The SMILES string of the molecule is CCCOc1cn(-c2ccc(F)cc2)nc1C(=O)Nc1cccc(SC)c1. The summed E-state index contributed by atoms with van der Waals surface area (Å²) in [7, 11) is 0. The minimum Gasteiger partial charge on any atom is -0.489 e. The Labute approximate surface area is 161 Å². The first-order chi connectivity index (χ1) is 13.1. The van der Waals surface area contributed by atoms with E-state index in [4.69, 9.17) is 4.74 Å². The van der Waals surface area contributed by atoms with E-state index in [0.29, 0.717) is 23.7 Å². The highest BCUT2D eigenvalue weighted by Gasteiger charge is 2.19. The van der Waals surface area contributed by atoms with Crippen LogP contribution in [-0.4, -0.2) is 28.6 Å². The van der Waals surface area contributed by atoms with Crippen LogP contribution in [0.5, 0.6) is 5.75 Å². The van der Waals surface area contributed by atoms with Gasteiger partial charge in [0.15, 0.2) is 11.4 Å². The normalized spacial score (nSPS) is 10.6. The lowest BCUT2D eigenvalue weighted by atomic mass is 10.3. The Hall–Kier alpha value is -2.80. The van der Waals surface area contributed by atoms with E-state index in [-0.39, 0.29) is 17.4 Å². The van der Waals surface area contributed by atoms with Gasteiger partial charge in [0.25, 0.3) is 5.91 Å². The van der Waals surface area contributed by atoms with Crippen molar-refractivity contribution < 1.29 is 13.9 Å². The number of aromatic nitrogens is 2. The van der Waals surface area contributed by atoms with Gasteiger partial charge in [-0.25, -0.2) is 9.07 Å². The molecule has 1 aromatic heterocycles. The Bertz CT molecular complexity index is 925. The number of benzene rings is 2. The number of amides is 1. The maximum Gasteiger partial charge on any atom is 0.280 e. The largest absolute Gasteiger partial charge is 0.489 e. The Morgan fingerprint density at radius 2 is 2.04 bits per heavy atom. The molecule has 140 valence electrons. The molecule has 2 aromatic carbocycles. The summed E-state index contributed by atoms with van der Waals surface area (Å²) in [5, 5.41) is 7.21. The lowest BCUT2D eigenvalue weighted by Gasteiger charge is -2.07. The van der Waals surface area contributed by atoms with Gasteiger partial charge in [0.2, 0.25) is 0 Å². The average Bonchev–Trinajstić information content (AvgIpc) is 3.11. The monoisotopic (exact) mass is 385 g/mol. The summed E-state index contributed by atoms with van der Waals surface area (Å²) in [6.45, 7) is 2.45. The summed E-state index contributed by atoms with van der Waals surface area (Å²) in [4.78, 5) is 13.8. The van der Waals surface area contributed by atoms with Crippen LogP contribution in [0, 0.1) is 5.82 Å². The van der Waals surface area contributed by atoms with Gasteiger partial charge < -0.3 is 10.1 Å². The minimum absolute atomic E-state index is 0.183. The summed E-state index contributed by atoms with van der Waals surface area (Å²) >= 11 is 1.60. The van der Waals surface area contributed by atoms with Gasteiger partial charge in [-0.3, -0.25) is 4.79 Å². The molecule has 0 saturated carbocycles. The van der Waals surface area contributed by atoms with E-state index in [1.807, 2.05) is 37.4 Å². The smallest absolute Gasteiger partial charge is 0.280 e. The number of rotatable bonds is 7. The Balaban J connectivity index is 1.89. The molecule has 0 spiro atoms. The van der Waals surface area contributed by atoms with Crippen molar-refractivity contribution >= 4 is 23.4 Å². The summed E-state index contributed by atoms with van der Waals surface area (Å²) in [5.41, 5.74) is 1.51. The number of nitrogens with one attached hydrogen (secondary N) is 1. The quantitative estimate of drug-likeness (QED) is 0.595. The first kappa shape index (κ1) is 19.0. The van der Waals surface area contributed by atoms with E-state index >= 15 is 0 Å². The number of anilines is 1. The van der Waals surface area contributed by atoms with Gasteiger partial charge in [0.05, 0.1) is 18.5 Å². The third-order valence-electron chi connectivity index (χ3n) is 3.78. The van der Waals surface area contributed by atoms with E-state index in [9.17, 15) is 9.18 Å². The van der Waals surface area contributed by atoms with Gasteiger partial charge in [-0.1, -0.05) is 13.0 Å². The molecule has 5 nitrogen and oxygen atoms in total. The second kappa shape index (κ2) is 8.73. The zero-order valence-electron chi connectivity index (χ0n) is 15.1. The molecule has 7 heteroatoms. The number of carbonyl (C=O) groups excluding carboxylic acids is 1.